The molecule has 0 fully saturated rings. The molecule has 0 atom stereocenters. The number of nitrogens with one attached hydrogen (secondary N) is 1. The maximum Gasteiger partial charge on any atom is 0.339 e. The van der Waals surface area contributed by atoms with Crippen LogP contribution in [0.5, 0.6) is 0 Å². The highest BCUT2D eigenvalue weighted by molar-refractivity contribution is 7.99. The number of aromatic nitrogens is 4. The van der Waals surface area contributed by atoms with E-state index in [0.29, 0.717) is 9.92 Å². The van der Waals surface area contributed by atoms with Crippen molar-refractivity contribution in [3.8, 4) is 0 Å². The van der Waals surface area contributed by atoms with Crippen molar-refractivity contribution in [2.75, 3.05) is 12.3 Å². The Kier molecular flexibility index (Phi) is 6.35. The van der Waals surface area contributed by atoms with Crippen LogP contribution in [-0.2, 0) is 11.8 Å². The van der Waals surface area contributed by atoms with Gasteiger partial charge in [0.15, 0.2) is 6.61 Å². The number of H-pyrrole nitrogens is 1. The maximum atomic E-state index is 12.8. The molecule has 3 aromatic heterocycles. The van der Waals surface area contributed by atoms with Gasteiger partial charge in [-0.25, -0.2) is 19.6 Å². The van der Waals surface area contributed by atoms with Crippen LogP contribution < -0.4 is 17.0 Å². The lowest BCUT2D eigenvalue weighted by molar-refractivity contribution is 0.0471. The topological polar surface area (TPSA) is 150 Å². The van der Waals surface area contributed by atoms with Gasteiger partial charge in [0.25, 0.3) is 5.56 Å². The van der Waals surface area contributed by atoms with Crippen molar-refractivity contribution in [1.29, 1.82) is 0 Å². The molecule has 0 saturated heterocycles. The molecule has 3 heterocycles. The Bertz CT molecular complexity index is 1570. The smallest absolute Gasteiger partial charge is 0.339 e. The number of aryl methyl sites for hydroxylation is 2. The number of esters is 1. The van der Waals surface area contributed by atoms with E-state index in [9.17, 15) is 19.2 Å². The van der Waals surface area contributed by atoms with Crippen molar-refractivity contribution in [2.45, 2.75) is 23.8 Å². The van der Waals surface area contributed by atoms with Gasteiger partial charge in [-0.05, 0) is 31.5 Å². The van der Waals surface area contributed by atoms with Crippen molar-refractivity contribution in [2.24, 2.45) is 7.05 Å². The molecule has 4 aromatic rings. The number of benzene rings is 1. The van der Waals surface area contributed by atoms with E-state index >= 15 is 0 Å². The lowest BCUT2D eigenvalue weighted by atomic mass is 10.2. The highest BCUT2D eigenvalue weighted by Gasteiger charge is 2.22. The molecule has 4 rings (SSSR count). The number of hydrogen-bond acceptors (Lipinski definition) is 10. The molecular formula is C22H19N5O5S2. The number of rotatable bonds is 6. The van der Waals surface area contributed by atoms with E-state index in [1.54, 1.807) is 35.6 Å². The van der Waals surface area contributed by atoms with Gasteiger partial charge in [-0.2, -0.15) is 0 Å². The molecular weight excluding hydrogens is 478 g/mol. The van der Waals surface area contributed by atoms with Gasteiger partial charge in [-0.1, -0.05) is 23.9 Å². The van der Waals surface area contributed by atoms with Crippen LogP contribution in [-0.4, -0.2) is 37.9 Å². The molecule has 10 nitrogen and oxygen atoms in total. The van der Waals surface area contributed by atoms with Crippen molar-refractivity contribution < 1.29 is 14.3 Å². The van der Waals surface area contributed by atoms with Gasteiger partial charge in [-0.3, -0.25) is 19.1 Å². The number of nitrogen functional groups attached to an aromatic ring is 1. The summed E-state index contributed by atoms with van der Waals surface area (Å²) in [5.41, 5.74) is 4.92. The number of aromatic amines is 1. The standard InChI is InChI=1S/C22H19N5O5S2/c1-10-11(2)33-19-15(10)20(25-9-24-19)34-14-7-5-4-6-12(14)21(30)32-8-13(28)16-17(23)27(3)22(31)26-18(16)29/h4-7,9H,8,23H2,1-3H3,(H,26,29,31). The fourth-order valence-electron chi connectivity index (χ4n) is 3.24. The fraction of sp³-hybridized carbons (Fsp3) is 0.182. The molecule has 0 bridgehead atoms. The Morgan fingerprint density at radius 1 is 1.21 bits per heavy atom. The largest absolute Gasteiger partial charge is 0.454 e. The van der Waals surface area contributed by atoms with Gasteiger partial charge in [0.2, 0.25) is 5.78 Å². The summed E-state index contributed by atoms with van der Waals surface area (Å²) < 4.78 is 6.12. The SMILES string of the molecule is Cc1sc2ncnc(Sc3ccccc3C(=O)OCC(=O)c3c(N)n(C)c(=O)[nH]c3=O)c2c1C. The monoisotopic (exact) mass is 497 g/mol. The second-order valence-corrected chi connectivity index (χ2v) is 9.55. The minimum Gasteiger partial charge on any atom is -0.454 e. The van der Waals surface area contributed by atoms with E-state index in [-0.39, 0.29) is 11.4 Å². The summed E-state index contributed by atoms with van der Waals surface area (Å²) in [5, 5.41) is 1.63. The summed E-state index contributed by atoms with van der Waals surface area (Å²) in [7, 11) is 1.31. The first-order valence-corrected chi connectivity index (χ1v) is 11.6. The Hall–Kier alpha value is -3.77. The zero-order valence-electron chi connectivity index (χ0n) is 18.4. The summed E-state index contributed by atoms with van der Waals surface area (Å²) in [4.78, 5) is 62.3. The van der Waals surface area contributed by atoms with Crippen molar-refractivity contribution >= 4 is 50.9 Å². The number of nitrogens with zero attached hydrogens (tertiary/aromatic N) is 3. The van der Waals surface area contributed by atoms with Gasteiger partial charge in [0.1, 0.15) is 27.6 Å². The van der Waals surface area contributed by atoms with Crippen LogP contribution in [0.1, 0.15) is 31.2 Å². The number of ether oxygens (including phenoxy) is 1. The van der Waals surface area contributed by atoms with Gasteiger partial charge in [0.05, 0.1) is 5.56 Å². The first kappa shape index (κ1) is 23.4. The van der Waals surface area contributed by atoms with Gasteiger partial charge >= 0.3 is 11.7 Å². The van der Waals surface area contributed by atoms with E-state index in [0.717, 1.165) is 25.2 Å². The molecule has 0 amide bonds. The predicted octanol–water partition coefficient (Wildman–Crippen LogP) is 2.47. The average molecular weight is 498 g/mol. The third-order valence-corrected chi connectivity index (χ3v) is 7.42. The van der Waals surface area contributed by atoms with Crippen molar-refractivity contribution in [3.63, 3.8) is 0 Å². The lowest BCUT2D eigenvalue weighted by Gasteiger charge is -2.10. The number of carbonyl (C=O) groups is 2. The zero-order chi connectivity index (χ0) is 24.6. The van der Waals surface area contributed by atoms with Gasteiger partial charge in [-0.15, -0.1) is 11.3 Å². The highest BCUT2D eigenvalue weighted by Crippen LogP contribution is 2.38. The molecule has 1 aromatic carbocycles. The average Bonchev–Trinajstić information content (AvgIpc) is 3.10. The van der Waals surface area contributed by atoms with E-state index < -0.39 is 35.2 Å². The van der Waals surface area contributed by atoms with Crippen LogP contribution >= 0.6 is 23.1 Å². The minimum absolute atomic E-state index is 0.235. The number of ketones is 1. The molecule has 12 heteroatoms. The molecule has 0 spiro atoms. The molecule has 0 aliphatic heterocycles. The number of nitrogens with two attached hydrogens (primary N) is 1. The van der Waals surface area contributed by atoms with Crippen LogP contribution in [0.15, 0.2) is 50.1 Å². The molecule has 0 unspecified atom stereocenters. The second kappa shape index (κ2) is 9.23. The normalized spacial score (nSPS) is 11.0. The maximum absolute atomic E-state index is 12.8. The van der Waals surface area contributed by atoms with Crippen LogP contribution in [0.3, 0.4) is 0 Å². The quantitative estimate of drug-likeness (QED) is 0.233. The molecule has 174 valence electrons. The minimum atomic E-state index is -0.938. The Morgan fingerprint density at radius 3 is 2.71 bits per heavy atom. The Balaban J connectivity index is 1.58. The number of thiophene rings is 1. The summed E-state index contributed by atoms with van der Waals surface area (Å²) >= 11 is 2.87. The van der Waals surface area contributed by atoms with Crippen LogP contribution in [0.4, 0.5) is 5.82 Å². The molecule has 3 N–H and O–H groups in total. The van der Waals surface area contributed by atoms with Gasteiger partial charge < -0.3 is 10.5 Å². The number of fused-ring (bicyclic) bond motifs is 1. The molecule has 0 saturated carbocycles. The molecule has 0 aliphatic carbocycles. The fourth-order valence-corrected chi connectivity index (χ4v) is 5.37. The highest BCUT2D eigenvalue weighted by atomic mass is 32.2. The predicted molar refractivity (Wildman–Crippen MR) is 129 cm³/mol. The number of Topliss-reactive ketones (excluding diaryl/α,β-unsaturated/α-hetero) is 1. The second-order valence-electron chi connectivity index (χ2n) is 7.32. The Morgan fingerprint density at radius 2 is 1.94 bits per heavy atom. The lowest BCUT2D eigenvalue weighted by Crippen LogP contribution is -2.35. The van der Waals surface area contributed by atoms with E-state index in [4.69, 9.17) is 10.5 Å². The van der Waals surface area contributed by atoms with E-state index in [1.807, 2.05) is 18.8 Å². The first-order valence-electron chi connectivity index (χ1n) is 9.95. The number of hydrogen-bond donors (Lipinski definition) is 2. The van der Waals surface area contributed by atoms with Crippen LogP contribution in [0, 0.1) is 13.8 Å². The van der Waals surface area contributed by atoms with Crippen LogP contribution in [0.2, 0.25) is 0 Å². The number of carbonyl (C=O) groups excluding carboxylic acids is 2. The summed E-state index contributed by atoms with van der Waals surface area (Å²) in [6.45, 7) is 3.30. The summed E-state index contributed by atoms with van der Waals surface area (Å²) in [5.74, 6) is -1.88. The molecule has 0 radical (unpaired) electrons. The Labute approximate surface area is 200 Å². The van der Waals surface area contributed by atoms with E-state index in [1.165, 1.54) is 25.1 Å². The first-order chi connectivity index (χ1) is 16.2. The third kappa shape index (κ3) is 4.24. The van der Waals surface area contributed by atoms with Crippen molar-refractivity contribution in [3.05, 3.63) is 73.0 Å². The zero-order valence-corrected chi connectivity index (χ0v) is 20.0. The molecule has 0 aliphatic rings. The van der Waals surface area contributed by atoms with Gasteiger partial charge in [0, 0.05) is 22.2 Å². The number of anilines is 1. The van der Waals surface area contributed by atoms with E-state index in [2.05, 4.69) is 9.97 Å². The van der Waals surface area contributed by atoms with Crippen molar-refractivity contribution in [1.82, 2.24) is 19.5 Å². The third-order valence-electron chi connectivity index (χ3n) is 5.23. The summed E-state index contributed by atoms with van der Waals surface area (Å²) in [6, 6.07) is 6.78. The van der Waals surface area contributed by atoms with Crippen LogP contribution in [0.25, 0.3) is 10.2 Å². The molecule has 34 heavy (non-hydrogen) atoms. The summed E-state index contributed by atoms with van der Waals surface area (Å²) in [6.07, 6.45) is 1.48.